The minimum Gasteiger partial charge on any atom is -0.309 e. The quantitative estimate of drug-likeness (QED) is 0.111. The smallest absolute Gasteiger partial charge is 0.179 e. The van der Waals surface area contributed by atoms with Crippen molar-refractivity contribution < 1.29 is 0 Å². The topological polar surface area (TPSA) is 59.8 Å². The Morgan fingerprint density at radius 2 is 1.06 bits per heavy atom. The number of rotatable bonds is 8. The van der Waals surface area contributed by atoms with Gasteiger partial charge in [0, 0.05) is 44.7 Å². The van der Waals surface area contributed by atoms with Crippen LogP contribution >= 0.6 is 0 Å². The molecule has 3 heterocycles. The fraction of sp³-hybridized carbons (Fsp3) is 0.0175. The van der Waals surface area contributed by atoms with Crippen LogP contribution in [0, 0.1) is 0 Å². The van der Waals surface area contributed by atoms with Crippen LogP contribution in [0.5, 0.6) is 0 Å². The summed E-state index contributed by atoms with van der Waals surface area (Å²) in [6.45, 7) is 4.40. The zero-order valence-electron chi connectivity index (χ0n) is 34.4. The Morgan fingerprint density at radius 1 is 0.460 bits per heavy atom. The summed E-state index contributed by atoms with van der Waals surface area (Å²) in [5.74, 6) is 0.977. The monoisotopic (exact) mass is 808 g/mol. The molecule has 0 spiro atoms. The maximum absolute atomic E-state index is 4.98. The molecule has 3 aromatic heterocycles. The molecule has 298 valence electrons. The Kier molecular flexibility index (Phi) is 9.63. The summed E-state index contributed by atoms with van der Waals surface area (Å²) in [6, 6.07) is 74.4. The predicted molar refractivity (Wildman–Crippen MR) is 263 cm³/mol. The number of benzene rings is 8. The molecule has 0 aliphatic rings. The summed E-state index contributed by atoms with van der Waals surface area (Å²) in [7, 11) is 0. The molecule has 0 amide bonds. The molecule has 0 fully saturated rings. The fourth-order valence-corrected chi connectivity index (χ4v) is 8.87. The van der Waals surface area contributed by atoms with Crippen molar-refractivity contribution in [1.82, 2.24) is 14.1 Å². The first-order valence-electron chi connectivity index (χ1n) is 21.1. The van der Waals surface area contributed by atoms with Gasteiger partial charge in [0.1, 0.15) is 5.69 Å². The first-order chi connectivity index (χ1) is 31.2. The standard InChI is InChI=1S/C57H40N6/c1-58-57(61-56(41-18-7-3-8-19-41)60-38-39-16-5-2-6-17-39)50-37-43(34-35-59-50)46-24-15-27-54-55(46)48-23-12-14-26-52(48)63(54)45-31-28-40(29-32-45)42-30-33-53-49(36-42)47-22-11-13-25-51(47)62(53)44-20-9-4-10-21-44/h2-37H,1,38H2. The van der Waals surface area contributed by atoms with Crippen molar-refractivity contribution in [3.63, 3.8) is 0 Å². The van der Waals surface area contributed by atoms with E-state index in [4.69, 9.17) is 15.0 Å². The van der Waals surface area contributed by atoms with E-state index >= 15 is 0 Å². The maximum Gasteiger partial charge on any atom is 0.179 e. The van der Waals surface area contributed by atoms with Crippen LogP contribution in [-0.2, 0) is 6.54 Å². The largest absolute Gasteiger partial charge is 0.309 e. The van der Waals surface area contributed by atoms with Crippen molar-refractivity contribution in [2.75, 3.05) is 0 Å². The van der Waals surface area contributed by atoms with Gasteiger partial charge in [0.2, 0.25) is 0 Å². The molecule has 11 aromatic rings. The second-order valence-electron chi connectivity index (χ2n) is 15.5. The molecule has 0 atom stereocenters. The van der Waals surface area contributed by atoms with E-state index in [1.807, 2.05) is 54.7 Å². The van der Waals surface area contributed by atoms with Crippen molar-refractivity contribution in [3.05, 3.63) is 235 Å². The SMILES string of the molecule is C=NC(=NC(=NCc1ccccc1)c1ccccc1)c1cc(-c2cccc3c2c2ccccc2n3-c2ccc(-c3ccc4c(c3)c3ccccc3n4-c3ccccc3)cc2)ccn1. The number of fused-ring (bicyclic) bond motifs is 6. The van der Waals surface area contributed by atoms with Crippen LogP contribution in [0.4, 0.5) is 0 Å². The molecule has 0 aliphatic carbocycles. The second-order valence-corrected chi connectivity index (χ2v) is 15.5. The summed E-state index contributed by atoms with van der Waals surface area (Å²) < 4.78 is 4.72. The molecule has 0 N–H and O–H groups in total. The number of pyridine rings is 1. The van der Waals surface area contributed by atoms with Gasteiger partial charge in [-0.2, -0.15) is 0 Å². The Balaban J connectivity index is 0.972. The number of aliphatic imine (C=N–C) groups is 3. The van der Waals surface area contributed by atoms with E-state index in [-0.39, 0.29) is 0 Å². The van der Waals surface area contributed by atoms with Gasteiger partial charge in [-0.3, -0.25) is 9.98 Å². The van der Waals surface area contributed by atoms with Gasteiger partial charge >= 0.3 is 0 Å². The average Bonchev–Trinajstić information content (AvgIpc) is 3.88. The molecule has 0 bridgehead atoms. The van der Waals surface area contributed by atoms with Crippen LogP contribution in [0.3, 0.4) is 0 Å². The van der Waals surface area contributed by atoms with E-state index in [0.29, 0.717) is 23.9 Å². The van der Waals surface area contributed by atoms with Crippen molar-refractivity contribution in [3.8, 4) is 33.6 Å². The van der Waals surface area contributed by atoms with Gasteiger partial charge in [-0.25, -0.2) is 9.98 Å². The maximum atomic E-state index is 4.98. The lowest BCUT2D eigenvalue weighted by Gasteiger charge is -2.11. The van der Waals surface area contributed by atoms with Gasteiger partial charge in [-0.15, -0.1) is 0 Å². The predicted octanol–water partition coefficient (Wildman–Crippen LogP) is 13.7. The number of hydrogen-bond acceptors (Lipinski definition) is 2. The molecular formula is C57H40N6. The third kappa shape index (κ3) is 6.90. The molecule has 0 saturated carbocycles. The van der Waals surface area contributed by atoms with E-state index in [2.05, 4.69) is 185 Å². The summed E-state index contributed by atoms with van der Waals surface area (Å²) in [4.78, 5) is 19.1. The van der Waals surface area contributed by atoms with Gasteiger partial charge in [0.05, 0.1) is 28.6 Å². The van der Waals surface area contributed by atoms with Crippen LogP contribution < -0.4 is 0 Å². The highest BCUT2D eigenvalue weighted by Gasteiger charge is 2.18. The molecule has 6 nitrogen and oxygen atoms in total. The first kappa shape index (κ1) is 37.5. The van der Waals surface area contributed by atoms with Gasteiger partial charge in [0.15, 0.2) is 11.7 Å². The van der Waals surface area contributed by atoms with Crippen LogP contribution in [0.2, 0.25) is 0 Å². The first-order valence-corrected chi connectivity index (χ1v) is 21.1. The van der Waals surface area contributed by atoms with Crippen LogP contribution in [0.1, 0.15) is 16.8 Å². The normalized spacial score (nSPS) is 12.1. The summed E-state index contributed by atoms with van der Waals surface area (Å²) in [6.07, 6.45) is 1.82. The number of para-hydroxylation sites is 3. The van der Waals surface area contributed by atoms with Crippen molar-refractivity contribution in [2.45, 2.75) is 6.54 Å². The Bertz CT molecular complexity index is 3530. The van der Waals surface area contributed by atoms with E-state index in [9.17, 15) is 0 Å². The third-order valence-electron chi connectivity index (χ3n) is 11.8. The summed E-state index contributed by atoms with van der Waals surface area (Å²) in [5, 5.41) is 4.81. The molecule has 63 heavy (non-hydrogen) atoms. The zero-order chi connectivity index (χ0) is 42.1. The van der Waals surface area contributed by atoms with E-state index in [1.165, 1.54) is 32.8 Å². The van der Waals surface area contributed by atoms with E-state index in [1.54, 1.807) is 0 Å². The average molecular weight is 809 g/mol. The molecule has 0 saturated heterocycles. The minimum atomic E-state index is 0.406. The molecule has 0 unspecified atom stereocenters. The number of aromatic nitrogens is 3. The van der Waals surface area contributed by atoms with Gasteiger partial charge in [-0.1, -0.05) is 146 Å². The highest BCUT2D eigenvalue weighted by molar-refractivity contribution is 6.17. The molecule has 11 rings (SSSR count). The van der Waals surface area contributed by atoms with E-state index in [0.717, 1.165) is 55.6 Å². The third-order valence-corrected chi connectivity index (χ3v) is 11.8. The lowest BCUT2D eigenvalue weighted by Crippen LogP contribution is -2.07. The lowest BCUT2D eigenvalue weighted by molar-refractivity contribution is 1.06. The summed E-state index contributed by atoms with van der Waals surface area (Å²) in [5.41, 5.74) is 13.9. The number of nitrogens with zero attached hydrogens (tertiary/aromatic N) is 6. The van der Waals surface area contributed by atoms with E-state index < -0.39 is 0 Å². The highest BCUT2D eigenvalue weighted by Crippen LogP contribution is 2.40. The van der Waals surface area contributed by atoms with Gasteiger partial charge in [0.25, 0.3) is 0 Å². The van der Waals surface area contributed by atoms with Gasteiger partial charge in [-0.05, 0) is 101 Å². The highest BCUT2D eigenvalue weighted by atomic mass is 15.0. The summed E-state index contributed by atoms with van der Waals surface area (Å²) >= 11 is 0. The number of amidine groups is 2. The Labute approximate surface area is 365 Å². The molecule has 0 radical (unpaired) electrons. The van der Waals surface area contributed by atoms with Gasteiger partial charge < -0.3 is 9.13 Å². The van der Waals surface area contributed by atoms with Crippen molar-refractivity contribution >= 4 is 62.0 Å². The van der Waals surface area contributed by atoms with Crippen molar-refractivity contribution in [2.24, 2.45) is 15.0 Å². The second kappa shape index (κ2) is 16.2. The zero-order valence-corrected chi connectivity index (χ0v) is 34.4. The molecular weight excluding hydrogens is 769 g/mol. The fourth-order valence-electron chi connectivity index (χ4n) is 8.87. The molecule has 6 heteroatoms. The van der Waals surface area contributed by atoms with Crippen LogP contribution in [0.25, 0.3) is 77.2 Å². The van der Waals surface area contributed by atoms with Crippen LogP contribution in [0.15, 0.2) is 233 Å². The minimum absolute atomic E-state index is 0.406. The van der Waals surface area contributed by atoms with Crippen LogP contribution in [-0.4, -0.2) is 32.5 Å². The Hall–Kier alpha value is -8.48. The molecule has 0 aliphatic heterocycles. The molecule has 8 aromatic carbocycles. The lowest BCUT2D eigenvalue weighted by atomic mass is 9.99. The number of hydrogen-bond donors (Lipinski definition) is 0. The van der Waals surface area contributed by atoms with Crippen molar-refractivity contribution in [1.29, 1.82) is 0 Å². The Morgan fingerprint density at radius 3 is 1.83 bits per heavy atom.